The summed E-state index contributed by atoms with van der Waals surface area (Å²) in [6, 6.07) is 8.00. The van der Waals surface area contributed by atoms with Gasteiger partial charge in [-0.1, -0.05) is 18.2 Å². The number of nitrogens with one attached hydrogen (secondary N) is 1. The Morgan fingerprint density at radius 1 is 1.38 bits per heavy atom. The van der Waals surface area contributed by atoms with Crippen LogP contribution in [0.3, 0.4) is 0 Å². The molecule has 1 aromatic rings. The fourth-order valence-corrected chi connectivity index (χ4v) is 1.07. The van der Waals surface area contributed by atoms with Crippen LogP contribution in [0, 0.1) is 11.3 Å². The summed E-state index contributed by atoms with van der Waals surface area (Å²) < 4.78 is 0. The summed E-state index contributed by atoms with van der Waals surface area (Å²) in [7, 11) is 0. The molecule has 0 saturated carbocycles. The Bertz CT molecular complexity index is 486. The Kier molecular flexibility index (Phi) is 3.81. The molecular weight excluding hydrogens is 208 g/mol. The number of aliphatic carboxylic acids is 1. The molecule has 5 nitrogen and oxygen atoms in total. The molecule has 0 radical (unpaired) electrons. The van der Waals surface area contributed by atoms with Crippen molar-refractivity contribution in [2.75, 3.05) is 5.32 Å². The monoisotopic (exact) mass is 216 g/mol. The van der Waals surface area contributed by atoms with Gasteiger partial charge in [-0.15, -0.1) is 0 Å². The molecule has 2 N–H and O–H groups in total. The Balaban J connectivity index is 2.97. The summed E-state index contributed by atoms with van der Waals surface area (Å²) in [6.07, 6.45) is 2.30. The number of rotatable bonds is 3. The SMILES string of the molecule is N#CC(=O)Nc1ccccc1/C=C/C(=O)O. The third kappa shape index (κ3) is 3.27. The highest BCUT2D eigenvalue weighted by molar-refractivity contribution is 6.03. The molecule has 16 heavy (non-hydrogen) atoms. The molecule has 0 aromatic heterocycles. The van der Waals surface area contributed by atoms with E-state index in [9.17, 15) is 9.59 Å². The fourth-order valence-electron chi connectivity index (χ4n) is 1.07. The van der Waals surface area contributed by atoms with Crippen molar-refractivity contribution in [2.24, 2.45) is 0 Å². The molecule has 0 aliphatic heterocycles. The minimum atomic E-state index is -1.08. The molecule has 0 saturated heterocycles. The lowest BCUT2D eigenvalue weighted by molar-refractivity contribution is -0.131. The molecule has 0 heterocycles. The zero-order valence-electron chi connectivity index (χ0n) is 8.18. The number of para-hydroxylation sites is 1. The van der Waals surface area contributed by atoms with Crippen molar-refractivity contribution in [3.05, 3.63) is 35.9 Å². The van der Waals surface area contributed by atoms with E-state index in [1.54, 1.807) is 24.3 Å². The number of benzene rings is 1. The van der Waals surface area contributed by atoms with E-state index in [2.05, 4.69) is 5.32 Å². The molecule has 1 amide bonds. The van der Waals surface area contributed by atoms with Crippen LogP contribution in [-0.4, -0.2) is 17.0 Å². The average molecular weight is 216 g/mol. The van der Waals surface area contributed by atoms with Crippen LogP contribution < -0.4 is 5.32 Å². The first-order valence-corrected chi connectivity index (χ1v) is 4.34. The minimum Gasteiger partial charge on any atom is -0.478 e. The average Bonchev–Trinajstić information content (AvgIpc) is 2.27. The van der Waals surface area contributed by atoms with Crippen LogP contribution in [0.4, 0.5) is 5.69 Å². The molecule has 0 bridgehead atoms. The van der Waals surface area contributed by atoms with Crippen LogP contribution in [0.5, 0.6) is 0 Å². The van der Waals surface area contributed by atoms with Crippen molar-refractivity contribution >= 4 is 23.6 Å². The normalized spacial score (nSPS) is 9.69. The van der Waals surface area contributed by atoms with Crippen LogP contribution in [0.2, 0.25) is 0 Å². The lowest BCUT2D eigenvalue weighted by Crippen LogP contribution is -2.08. The first-order chi connectivity index (χ1) is 7.63. The Morgan fingerprint density at radius 3 is 2.69 bits per heavy atom. The van der Waals surface area contributed by atoms with Gasteiger partial charge in [0, 0.05) is 11.8 Å². The summed E-state index contributed by atoms with van der Waals surface area (Å²) in [6.45, 7) is 0. The number of carbonyl (C=O) groups is 2. The molecule has 0 aliphatic carbocycles. The third-order valence-corrected chi connectivity index (χ3v) is 1.72. The highest BCUT2D eigenvalue weighted by Gasteiger charge is 2.03. The van der Waals surface area contributed by atoms with E-state index >= 15 is 0 Å². The van der Waals surface area contributed by atoms with Gasteiger partial charge in [0.05, 0.1) is 0 Å². The topological polar surface area (TPSA) is 90.2 Å². The second kappa shape index (κ2) is 5.32. The molecule has 80 valence electrons. The van der Waals surface area contributed by atoms with Gasteiger partial charge in [0.25, 0.3) is 0 Å². The highest BCUT2D eigenvalue weighted by Crippen LogP contribution is 2.16. The molecular formula is C11H8N2O3. The van der Waals surface area contributed by atoms with Gasteiger partial charge in [-0.25, -0.2) is 4.79 Å². The second-order valence-corrected chi connectivity index (χ2v) is 2.82. The van der Waals surface area contributed by atoms with E-state index in [1.807, 2.05) is 0 Å². The first kappa shape index (κ1) is 11.5. The van der Waals surface area contributed by atoms with E-state index in [1.165, 1.54) is 12.1 Å². The minimum absolute atomic E-state index is 0.395. The zero-order valence-corrected chi connectivity index (χ0v) is 8.18. The number of carboxylic acids is 1. The van der Waals surface area contributed by atoms with E-state index in [0.29, 0.717) is 11.3 Å². The quantitative estimate of drug-likeness (QED) is 0.587. The number of amides is 1. The van der Waals surface area contributed by atoms with Gasteiger partial charge >= 0.3 is 11.9 Å². The fraction of sp³-hybridized carbons (Fsp3) is 0. The number of nitriles is 1. The maximum Gasteiger partial charge on any atom is 0.328 e. The van der Waals surface area contributed by atoms with E-state index in [-0.39, 0.29) is 0 Å². The van der Waals surface area contributed by atoms with Crippen molar-refractivity contribution in [3.8, 4) is 6.07 Å². The summed E-state index contributed by atoms with van der Waals surface area (Å²) >= 11 is 0. The molecule has 1 rings (SSSR count). The largest absolute Gasteiger partial charge is 0.478 e. The predicted octanol–water partition coefficient (Wildman–Crippen LogP) is 1.25. The van der Waals surface area contributed by atoms with Gasteiger partial charge in [0.1, 0.15) is 0 Å². The van der Waals surface area contributed by atoms with Gasteiger partial charge in [-0.3, -0.25) is 4.79 Å². The van der Waals surface area contributed by atoms with Gasteiger partial charge in [-0.2, -0.15) is 5.26 Å². The maximum atomic E-state index is 10.9. The van der Waals surface area contributed by atoms with Crippen LogP contribution >= 0.6 is 0 Å². The number of anilines is 1. The van der Waals surface area contributed by atoms with E-state index in [4.69, 9.17) is 10.4 Å². The second-order valence-electron chi connectivity index (χ2n) is 2.82. The van der Waals surface area contributed by atoms with Crippen LogP contribution in [-0.2, 0) is 9.59 Å². The van der Waals surface area contributed by atoms with Crippen LogP contribution in [0.15, 0.2) is 30.3 Å². The Morgan fingerprint density at radius 2 is 2.06 bits per heavy atom. The Hall–Kier alpha value is -2.61. The van der Waals surface area contributed by atoms with Gasteiger partial charge in [0.2, 0.25) is 0 Å². The van der Waals surface area contributed by atoms with Crippen molar-refractivity contribution in [2.45, 2.75) is 0 Å². The smallest absolute Gasteiger partial charge is 0.328 e. The molecule has 5 heteroatoms. The molecule has 0 unspecified atom stereocenters. The number of carbonyl (C=O) groups excluding carboxylic acids is 1. The Labute approximate surface area is 91.6 Å². The number of hydrogen-bond donors (Lipinski definition) is 2. The van der Waals surface area contributed by atoms with Crippen molar-refractivity contribution in [3.63, 3.8) is 0 Å². The molecule has 0 atom stereocenters. The van der Waals surface area contributed by atoms with Gasteiger partial charge in [-0.05, 0) is 17.7 Å². The zero-order chi connectivity index (χ0) is 12.0. The predicted molar refractivity (Wildman–Crippen MR) is 57.4 cm³/mol. The van der Waals surface area contributed by atoms with E-state index < -0.39 is 11.9 Å². The molecule has 0 aliphatic rings. The summed E-state index contributed by atoms with van der Waals surface area (Å²) in [5, 5.41) is 19.1. The number of carboxylic acid groups (broad SMARTS) is 1. The van der Waals surface area contributed by atoms with E-state index in [0.717, 1.165) is 6.08 Å². The lowest BCUT2D eigenvalue weighted by atomic mass is 10.1. The highest BCUT2D eigenvalue weighted by atomic mass is 16.4. The summed E-state index contributed by atoms with van der Waals surface area (Å²) in [5.74, 6) is -1.88. The molecule has 0 fully saturated rings. The van der Waals surface area contributed by atoms with Crippen LogP contribution in [0.1, 0.15) is 5.56 Å². The summed E-state index contributed by atoms with van der Waals surface area (Å²) in [5.41, 5.74) is 0.917. The van der Waals surface area contributed by atoms with Crippen LogP contribution in [0.25, 0.3) is 6.08 Å². The van der Waals surface area contributed by atoms with Gasteiger partial charge in [0.15, 0.2) is 6.07 Å². The standard InChI is InChI=1S/C11H8N2O3/c12-7-10(14)13-9-4-2-1-3-8(9)5-6-11(15)16/h1-6H,(H,13,14)(H,15,16)/b6-5+. The van der Waals surface area contributed by atoms with Crippen molar-refractivity contribution < 1.29 is 14.7 Å². The van der Waals surface area contributed by atoms with Gasteiger partial charge < -0.3 is 10.4 Å². The third-order valence-electron chi connectivity index (χ3n) is 1.72. The van der Waals surface area contributed by atoms with Crippen molar-refractivity contribution in [1.29, 1.82) is 5.26 Å². The lowest BCUT2D eigenvalue weighted by Gasteiger charge is -2.04. The maximum absolute atomic E-state index is 10.9. The first-order valence-electron chi connectivity index (χ1n) is 4.34. The molecule has 1 aromatic carbocycles. The molecule has 0 spiro atoms. The summed E-state index contributed by atoms with van der Waals surface area (Å²) in [4.78, 5) is 21.2. The van der Waals surface area contributed by atoms with Crippen molar-refractivity contribution in [1.82, 2.24) is 0 Å². The number of hydrogen-bond acceptors (Lipinski definition) is 3. The number of nitrogens with zero attached hydrogens (tertiary/aromatic N) is 1.